The molecule has 1 amide bonds. The van der Waals surface area contributed by atoms with E-state index in [9.17, 15) is 4.79 Å². The van der Waals surface area contributed by atoms with Crippen molar-refractivity contribution >= 4 is 34.8 Å². The van der Waals surface area contributed by atoms with E-state index in [0.717, 1.165) is 22.8 Å². The fourth-order valence-electron chi connectivity index (χ4n) is 2.22. The lowest BCUT2D eigenvalue weighted by atomic mass is 10.2. The molecule has 2 aromatic rings. The van der Waals surface area contributed by atoms with Gasteiger partial charge in [-0.2, -0.15) is 0 Å². The van der Waals surface area contributed by atoms with Crippen LogP contribution in [0.2, 0.25) is 10.0 Å². The van der Waals surface area contributed by atoms with Crippen LogP contribution in [0.5, 0.6) is 5.75 Å². The van der Waals surface area contributed by atoms with E-state index in [0.29, 0.717) is 22.3 Å². The molecule has 2 aromatic carbocycles. The Morgan fingerprint density at radius 3 is 2.52 bits per heavy atom. The summed E-state index contributed by atoms with van der Waals surface area (Å²) in [5, 5.41) is 3.57. The Morgan fingerprint density at radius 1 is 1.17 bits per heavy atom. The highest BCUT2D eigenvalue weighted by Crippen LogP contribution is 2.29. The molecule has 0 spiro atoms. The normalized spacial score (nSPS) is 11.8. The Labute approximate surface area is 146 Å². The molecular formula is C17H19Cl2N2O2+. The molecule has 4 nitrogen and oxygen atoms in total. The summed E-state index contributed by atoms with van der Waals surface area (Å²) in [5.41, 5.74) is 1.67. The fourth-order valence-corrected chi connectivity index (χ4v) is 2.57. The van der Waals surface area contributed by atoms with Crippen LogP contribution >= 0.6 is 23.2 Å². The molecule has 1 unspecified atom stereocenters. The van der Waals surface area contributed by atoms with Gasteiger partial charge in [-0.05, 0) is 36.4 Å². The zero-order valence-corrected chi connectivity index (χ0v) is 14.5. The third-order valence-corrected chi connectivity index (χ3v) is 4.17. The molecule has 0 aromatic heterocycles. The molecule has 0 saturated carbocycles. The van der Waals surface area contributed by atoms with Gasteiger partial charge in [0.25, 0.3) is 5.91 Å². The monoisotopic (exact) mass is 353 g/mol. The number of anilines is 1. The molecular weight excluding hydrogens is 335 g/mol. The highest BCUT2D eigenvalue weighted by molar-refractivity contribution is 6.43. The van der Waals surface area contributed by atoms with Gasteiger partial charge in [0.15, 0.2) is 6.54 Å². The van der Waals surface area contributed by atoms with E-state index in [4.69, 9.17) is 27.9 Å². The number of amides is 1. The highest BCUT2D eigenvalue weighted by atomic mass is 35.5. The van der Waals surface area contributed by atoms with Crippen LogP contribution in [-0.2, 0) is 11.3 Å². The molecule has 0 heterocycles. The van der Waals surface area contributed by atoms with Gasteiger partial charge in [-0.25, -0.2) is 0 Å². The minimum Gasteiger partial charge on any atom is -0.497 e. The molecule has 2 N–H and O–H groups in total. The Morgan fingerprint density at radius 2 is 1.87 bits per heavy atom. The lowest BCUT2D eigenvalue weighted by molar-refractivity contribution is -0.885. The lowest BCUT2D eigenvalue weighted by Crippen LogP contribution is -3.08. The maximum Gasteiger partial charge on any atom is 0.279 e. The lowest BCUT2D eigenvalue weighted by Gasteiger charge is -2.15. The molecule has 2 rings (SSSR count). The van der Waals surface area contributed by atoms with E-state index >= 15 is 0 Å². The van der Waals surface area contributed by atoms with Gasteiger partial charge in [0.1, 0.15) is 12.3 Å². The van der Waals surface area contributed by atoms with Crippen molar-refractivity contribution in [2.75, 3.05) is 26.0 Å². The van der Waals surface area contributed by atoms with Crippen LogP contribution < -0.4 is 15.0 Å². The number of likely N-dealkylation sites (N-methyl/N-ethyl adjacent to an activating group) is 1. The van der Waals surface area contributed by atoms with Crippen LogP contribution in [0.25, 0.3) is 0 Å². The van der Waals surface area contributed by atoms with Gasteiger partial charge in [0, 0.05) is 5.56 Å². The van der Waals surface area contributed by atoms with Crippen molar-refractivity contribution in [1.82, 2.24) is 0 Å². The third-order valence-electron chi connectivity index (χ3n) is 3.35. The molecule has 0 bridgehead atoms. The SMILES string of the molecule is COc1ccc(C[NH+](C)CC(=O)Nc2cccc(Cl)c2Cl)cc1. The number of methoxy groups -OCH3 is 1. The third kappa shape index (κ3) is 5.13. The summed E-state index contributed by atoms with van der Waals surface area (Å²) < 4.78 is 5.13. The average molecular weight is 354 g/mol. The van der Waals surface area contributed by atoms with Crippen molar-refractivity contribution in [3.8, 4) is 5.75 Å². The molecule has 6 heteroatoms. The predicted molar refractivity (Wildman–Crippen MR) is 93.5 cm³/mol. The largest absolute Gasteiger partial charge is 0.497 e. The van der Waals surface area contributed by atoms with E-state index < -0.39 is 0 Å². The minimum absolute atomic E-state index is 0.111. The summed E-state index contributed by atoms with van der Waals surface area (Å²) in [6, 6.07) is 13.0. The molecule has 0 saturated heterocycles. The fraction of sp³-hybridized carbons (Fsp3) is 0.235. The van der Waals surface area contributed by atoms with Crippen LogP contribution in [0.4, 0.5) is 5.69 Å². The number of hydrogen-bond donors (Lipinski definition) is 2. The summed E-state index contributed by atoms with van der Waals surface area (Å²) in [5.74, 6) is 0.708. The van der Waals surface area contributed by atoms with E-state index in [1.165, 1.54) is 0 Å². The first kappa shape index (κ1) is 17.6. The number of halogens is 2. The standard InChI is InChI=1S/C17H18Cl2N2O2/c1-21(10-12-6-8-13(23-2)9-7-12)11-16(22)20-15-5-3-4-14(18)17(15)19/h3-9H,10-11H2,1-2H3,(H,20,22)/p+1. The topological polar surface area (TPSA) is 42.8 Å². The van der Waals surface area contributed by atoms with Gasteiger partial charge in [-0.3, -0.25) is 4.79 Å². The molecule has 0 fully saturated rings. The Bertz CT molecular complexity index is 675. The van der Waals surface area contributed by atoms with E-state index in [-0.39, 0.29) is 5.91 Å². The second kappa shape index (κ2) is 8.20. The maximum absolute atomic E-state index is 12.1. The summed E-state index contributed by atoms with van der Waals surface area (Å²) in [7, 11) is 3.60. The van der Waals surface area contributed by atoms with Gasteiger partial charge < -0.3 is 15.0 Å². The second-order valence-electron chi connectivity index (χ2n) is 5.31. The zero-order valence-electron chi connectivity index (χ0n) is 13.0. The van der Waals surface area contributed by atoms with E-state index in [1.807, 2.05) is 31.3 Å². The van der Waals surface area contributed by atoms with Crippen molar-refractivity contribution in [1.29, 1.82) is 0 Å². The smallest absolute Gasteiger partial charge is 0.279 e. The second-order valence-corrected chi connectivity index (χ2v) is 6.09. The van der Waals surface area contributed by atoms with Gasteiger partial charge in [-0.15, -0.1) is 0 Å². The Hall–Kier alpha value is -1.75. The van der Waals surface area contributed by atoms with Crippen molar-refractivity contribution in [3.63, 3.8) is 0 Å². The summed E-state index contributed by atoms with van der Waals surface area (Å²) in [4.78, 5) is 13.2. The number of rotatable bonds is 6. The molecule has 122 valence electrons. The number of quaternary nitrogens is 1. The Kier molecular flexibility index (Phi) is 6.28. The van der Waals surface area contributed by atoms with E-state index in [2.05, 4.69) is 5.32 Å². The van der Waals surface area contributed by atoms with Crippen molar-refractivity contribution in [2.45, 2.75) is 6.54 Å². The van der Waals surface area contributed by atoms with Crippen molar-refractivity contribution < 1.29 is 14.4 Å². The van der Waals surface area contributed by atoms with Gasteiger partial charge in [0.05, 0.1) is 29.9 Å². The van der Waals surface area contributed by atoms with Crippen molar-refractivity contribution in [2.24, 2.45) is 0 Å². The van der Waals surface area contributed by atoms with Crippen LogP contribution in [-0.4, -0.2) is 26.6 Å². The summed E-state index contributed by atoms with van der Waals surface area (Å²) in [6.45, 7) is 1.07. The molecule has 0 radical (unpaired) electrons. The van der Waals surface area contributed by atoms with Gasteiger partial charge >= 0.3 is 0 Å². The summed E-state index contributed by atoms with van der Waals surface area (Å²) in [6.07, 6.45) is 0. The van der Waals surface area contributed by atoms with Crippen LogP contribution in [0.3, 0.4) is 0 Å². The molecule has 0 aliphatic heterocycles. The van der Waals surface area contributed by atoms with Crippen LogP contribution in [0, 0.1) is 0 Å². The predicted octanol–water partition coefficient (Wildman–Crippen LogP) is 2.66. The van der Waals surface area contributed by atoms with Gasteiger partial charge in [0.2, 0.25) is 0 Å². The number of nitrogens with one attached hydrogen (secondary N) is 2. The quantitative estimate of drug-likeness (QED) is 0.838. The van der Waals surface area contributed by atoms with Gasteiger partial charge in [-0.1, -0.05) is 29.3 Å². The molecule has 23 heavy (non-hydrogen) atoms. The highest BCUT2D eigenvalue weighted by Gasteiger charge is 2.13. The summed E-state index contributed by atoms with van der Waals surface area (Å²) >= 11 is 12.0. The minimum atomic E-state index is -0.111. The zero-order chi connectivity index (χ0) is 16.8. The number of carbonyl (C=O) groups is 1. The number of hydrogen-bond acceptors (Lipinski definition) is 2. The first-order valence-electron chi connectivity index (χ1n) is 7.17. The first-order chi connectivity index (χ1) is 11.0. The molecule has 0 aliphatic carbocycles. The van der Waals surface area contributed by atoms with Crippen LogP contribution in [0.15, 0.2) is 42.5 Å². The number of ether oxygens (including phenoxy) is 1. The molecule has 0 aliphatic rings. The first-order valence-corrected chi connectivity index (χ1v) is 7.93. The van der Waals surface area contributed by atoms with Crippen LogP contribution in [0.1, 0.15) is 5.56 Å². The maximum atomic E-state index is 12.1. The Balaban J connectivity index is 1.90. The van der Waals surface area contributed by atoms with E-state index in [1.54, 1.807) is 25.3 Å². The number of carbonyl (C=O) groups excluding carboxylic acids is 1. The number of benzene rings is 2. The van der Waals surface area contributed by atoms with Crippen molar-refractivity contribution in [3.05, 3.63) is 58.1 Å². The average Bonchev–Trinajstić information content (AvgIpc) is 2.52. The molecule has 1 atom stereocenters.